The molecular weight excluding hydrogens is 306 g/mol. The van der Waals surface area contributed by atoms with Crippen LogP contribution in [-0.2, 0) is 4.79 Å². The predicted octanol–water partition coefficient (Wildman–Crippen LogP) is 2.39. The van der Waals surface area contributed by atoms with Gasteiger partial charge >= 0.3 is 0 Å². The van der Waals surface area contributed by atoms with Crippen LogP contribution >= 0.6 is 22.9 Å². The summed E-state index contributed by atoms with van der Waals surface area (Å²) in [5, 5.41) is 3.14. The van der Waals surface area contributed by atoms with Crippen LogP contribution in [0.5, 0.6) is 0 Å². The summed E-state index contributed by atoms with van der Waals surface area (Å²) in [6, 6.07) is 4.68. The Kier molecular flexibility index (Phi) is 4.54. The lowest BCUT2D eigenvalue weighted by atomic mass is 9.84. The SMILES string of the molecule is CC(N)C(c1ccc(Cl)s1)N1CCC2NC(=O)CCC2C1. The Morgan fingerprint density at radius 2 is 2.29 bits per heavy atom. The number of rotatable bonds is 3. The maximum Gasteiger partial charge on any atom is 0.220 e. The van der Waals surface area contributed by atoms with Crippen LogP contribution in [-0.4, -0.2) is 36.0 Å². The Morgan fingerprint density at radius 1 is 1.48 bits per heavy atom. The largest absolute Gasteiger partial charge is 0.353 e. The zero-order chi connectivity index (χ0) is 15.0. The number of thiophene rings is 1. The molecule has 1 aromatic heterocycles. The van der Waals surface area contributed by atoms with Crippen molar-refractivity contribution >= 4 is 28.8 Å². The molecule has 2 aliphatic rings. The second-order valence-electron chi connectivity index (χ2n) is 6.20. The van der Waals surface area contributed by atoms with Crippen LogP contribution in [0.3, 0.4) is 0 Å². The minimum atomic E-state index is 0.0643. The third-order valence-corrected chi connectivity index (χ3v) is 5.93. The van der Waals surface area contributed by atoms with E-state index in [2.05, 4.69) is 23.2 Å². The number of halogens is 1. The Labute approximate surface area is 134 Å². The van der Waals surface area contributed by atoms with Crippen molar-refractivity contribution in [3.05, 3.63) is 21.3 Å². The number of nitrogens with one attached hydrogen (secondary N) is 1. The number of carbonyl (C=O) groups is 1. The number of amides is 1. The quantitative estimate of drug-likeness (QED) is 0.896. The minimum Gasteiger partial charge on any atom is -0.353 e. The number of carbonyl (C=O) groups excluding carboxylic acids is 1. The summed E-state index contributed by atoms with van der Waals surface area (Å²) < 4.78 is 0.815. The van der Waals surface area contributed by atoms with E-state index in [0.717, 1.165) is 30.3 Å². The molecule has 0 aromatic carbocycles. The van der Waals surface area contributed by atoms with Crippen LogP contribution in [0.25, 0.3) is 0 Å². The standard InChI is InChI=1S/C15H22ClN3OS/c1-9(17)15(12-3-4-13(16)21-12)19-7-6-11-10(8-19)2-5-14(20)18-11/h3-4,9-11,15H,2,5-8,17H2,1H3,(H,18,20). The van der Waals surface area contributed by atoms with E-state index in [4.69, 9.17) is 17.3 Å². The monoisotopic (exact) mass is 327 g/mol. The van der Waals surface area contributed by atoms with Gasteiger partial charge in [0.1, 0.15) is 0 Å². The van der Waals surface area contributed by atoms with Crippen molar-refractivity contribution in [2.24, 2.45) is 11.7 Å². The normalized spacial score (nSPS) is 29.6. The van der Waals surface area contributed by atoms with Crippen LogP contribution in [0, 0.1) is 5.92 Å². The highest BCUT2D eigenvalue weighted by Gasteiger charge is 2.37. The summed E-state index contributed by atoms with van der Waals surface area (Å²) in [4.78, 5) is 15.2. The summed E-state index contributed by atoms with van der Waals surface area (Å²) in [7, 11) is 0. The van der Waals surface area contributed by atoms with E-state index in [-0.39, 0.29) is 18.0 Å². The first-order valence-electron chi connectivity index (χ1n) is 7.59. The van der Waals surface area contributed by atoms with Gasteiger partial charge in [0.15, 0.2) is 0 Å². The Hall–Kier alpha value is -0.620. The van der Waals surface area contributed by atoms with Gasteiger partial charge in [-0.25, -0.2) is 0 Å². The highest BCUT2D eigenvalue weighted by Crippen LogP contribution is 2.36. The molecule has 4 atom stereocenters. The van der Waals surface area contributed by atoms with Crippen LogP contribution in [0.4, 0.5) is 0 Å². The molecule has 0 spiro atoms. The number of nitrogens with zero attached hydrogens (tertiary/aromatic N) is 1. The predicted molar refractivity (Wildman–Crippen MR) is 86.6 cm³/mol. The molecule has 0 radical (unpaired) electrons. The fourth-order valence-corrected chi connectivity index (χ4v) is 4.96. The minimum absolute atomic E-state index is 0.0643. The summed E-state index contributed by atoms with van der Waals surface area (Å²) in [6.45, 7) is 4.04. The van der Waals surface area contributed by atoms with Crippen molar-refractivity contribution in [1.29, 1.82) is 0 Å². The molecule has 3 heterocycles. The third-order valence-electron chi connectivity index (χ3n) is 4.63. The highest BCUT2D eigenvalue weighted by molar-refractivity contribution is 7.16. The fourth-order valence-electron chi connectivity index (χ4n) is 3.65. The van der Waals surface area contributed by atoms with Crippen LogP contribution < -0.4 is 11.1 Å². The second kappa shape index (κ2) is 6.24. The first-order chi connectivity index (χ1) is 10.0. The Bertz CT molecular complexity index is 519. The van der Waals surface area contributed by atoms with Crippen molar-refractivity contribution in [3.63, 3.8) is 0 Å². The first kappa shape index (κ1) is 15.3. The van der Waals surface area contributed by atoms with Crippen molar-refractivity contribution in [3.8, 4) is 0 Å². The van der Waals surface area contributed by atoms with Crippen molar-refractivity contribution in [1.82, 2.24) is 10.2 Å². The van der Waals surface area contributed by atoms with Gasteiger partial charge in [-0.2, -0.15) is 0 Å². The molecule has 1 amide bonds. The van der Waals surface area contributed by atoms with Gasteiger partial charge in [-0.3, -0.25) is 9.69 Å². The smallest absolute Gasteiger partial charge is 0.220 e. The third kappa shape index (κ3) is 3.26. The number of fused-ring (bicyclic) bond motifs is 1. The van der Waals surface area contributed by atoms with Crippen LogP contribution in [0.1, 0.15) is 37.1 Å². The van der Waals surface area contributed by atoms with Gasteiger partial charge in [0.2, 0.25) is 5.91 Å². The van der Waals surface area contributed by atoms with E-state index in [0.29, 0.717) is 18.4 Å². The van der Waals surface area contributed by atoms with Gasteiger partial charge < -0.3 is 11.1 Å². The van der Waals surface area contributed by atoms with Crippen molar-refractivity contribution < 1.29 is 4.79 Å². The molecule has 21 heavy (non-hydrogen) atoms. The van der Waals surface area contributed by atoms with E-state index >= 15 is 0 Å². The zero-order valence-electron chi connectivity index (χ0n) is 12.2. The van der Waals surface area contributed by atoms with E-state index in [1.54, 1.807) is 11.3 Å². The number of nitrogens with two attached hydrogens (primary N) is 1. The molecule has 1 aromatic rings. The average Bonchev–Trinajstić information content (AvgIpc) is 2.85. The number of likely N-dealkylation sites (tertiary alicyclic amines) is 1. The maximum atomic E-state index is 11.5. The molecule has 2 fully saturated rings. The second-order valence-corrected chi connectivity index (χ2v) is 7.95. The Morgan fingerprint density at radius 3 is 2.95 bits per heavy atom. The lowest BCUT2D eigenvalue weighted by molar-refractivity contribution is -0.125. The van der Waals surface area contributed by atoms with E-state index < -0.39 is 0 Å². The summed E-state index contributed by atoms with van der Waals surface area (Å²) in [5.74, 6) is 0.756. The van der Waals surface area contributed by atoms with Gasteiger partial charge in [0.05, 0.1) is 10.4 Å². The van der Waals surface area contributed by atoms with Crippen LogP contribution in [0.2, 0.25) is 4.34 Å². The number of hydrogen-bond donors (Lipinski definition) is 2. The van der Waals surface area contributed by atoms with Gasteiger partial charge in [0, 0.05) is 36.5 Å². The maximum absolute atomic E-state index is 11.5. The zero-order valence-corrected chi connectivity index (χ0v) is 13.8. The van der Waals surface area contributed by atoms with E-state index in [9.17, 15) is 4.79 Å². The molecule has 3 rings (SSSR count). The molecule has 3 N–H and O–H groups in total. The van der Waals surface area contributed by atoms with E-state index in [1.165, 1.54) is 4.88 Å². The molecule has 116 valence electrons. The average molecular weight is 328 g/mol. The number of hydrogen-bond acceptors (Lipinski definition) is 4. The molecule has 4 unspecified atom stereocenters. The lowest BCUT2D eigenvalue weighted by Crippen LogP contribution is -2.55. The molecule has 4 nitrogen and oxygen atoms in total. The van der Waals surface area contributed by atoms with E-state index in [1.807, 2.05) is 6.07 Å². The molecule has 0 aliphatic carbocycles. The van der Waals surface area contributed by atoms with Gasteiger partial charge in [-0.15, -0.1) is 11.3 Å². The lowest BCUT2D eigenvalue weighted by Gasteiger charge is -2.45. The molecule has 2 saturated heterocycles. The number of piperidine rings is 2. The fraction of sp³-hybridized carbons (Fsp3) is 0.667. The summed E-state index contributed by atoms with van der Waals surface area (Å²) in [5.41, 5.74) is 6.25. The van der Waals surface area contributed by atoms with Crippen molar-refractivity contribution in [2.45, 2.75) is 44.3 Å². The summed E-state index contributed by atoms with van der Waals surface area (Å²) in [6.07, 6.45) is 2.66. The summed E-state index contributed by atoms with van der Waals surface area (Å²) >= 11 is 7.71. The molecule has 0 saturated carbocycles. The van der Waals surface area contributed by atoms with Gasteiger partial charge in [0.25, 0.3) is 0 Å². The molecule has 0 bridgehead atoms. The van der Waals surface area contributed by atoms with Gasteiger partial charge in [-0.1, -0.05) is 11.6 Å². The van der Waals surface area contributed by atoms with Crippen LogP contribution in [0.15, 0.2) is 12.1 Å². The topological polar surface area (TPSA) is 58.4 Å². The van der Waals surface area contributed by atoms with Gasteiger partial charge in [-0.05, 0) is 37.8 Å². The first-order valence-corrected chi connectivity index (χ1v) is 8.78. The Balaban J connectivity index is 1.74. The van der Waals surface area contributed by atoms with Crippen molar-refractivity contribution in [2.75, 3.05) is 13.1 Å². The molecular formula is C15H22ClN3OS. The highest BCUT2D eigenvalue weighted by atomic mass is 35.5. The molecule has 2 aliphatic heterocycles. The molecule has 6 heteroatoms.